The zero-order valence-corrected chi connectivity index (χ0v) is 15.2. The molecule has 0 saturated heterocycles. The van der Waals surface area contributed by atoms with Crippen LogP contribution in [-0.2, 0) is 15.0 Å². The first-order valence-corrected chi connectivity index (χ1v) is 5.25. The first-order valence-electron chi connectivity index (χ1n) is 5.25. The van der Waals surface area contributed by atoms with Gasteiger partial charge in [-0.1, -0.05) is 45.0 Å². The number of aliphatic carboxylic acids is 2. The molecule has 1 aromatic carbocycles. The van der Waals surface area contributed by atoms with Gasteiger partial charge in [-0.3, -0.25) is 0 Å². The summed E-state index contributed by atoms with van der Waals surface area (Å²) in [5.74, 6) is -5.04. The molecule has 0 aliphatic carbocycles. The average molecular weight is 372 g/mol. The normalized spacial score (nSPS) is 10.9. The van der Waals surface area contributed by atoms with Crippen molar-refractivity contribution in [3.05, 3.63) is 35.4 Å². The molecule has 0 radical (unpaired) electrons. The number of hydrogen-bond donors (Lipinski definition) is 0. The molecule has 4 nitrogen and oxygen atoms in total. The quantitative estimate of drug-likeness (QED) is 0.514. The minimum atomic E-state index is -1.72. The summed E-state index contributed by atoms with van der Waals surface area (Å²) in [6, 6.07) is 6.40. The van der Waals surface area contributed by atoms with E-state index in [1.807, 2.05) is 20.8 Å². The van der Waals surface area contributed by atoms with E-state index in [1.54, 1.807) is 12.1 Å². The van der Waals surface area contributed by atoms with E-state index in [9.17, 15) is 19.8 Å². The molecule has 0 aliphatic heterocycles. The predicted molar refractivity (Wildman–Crippen MR) is 63.7 cm³/mol. The smallest absolute Gasteiger partial charge is 0.549 e. The van der Waals surface area contributed by atoms with Crippen LogP contribution in [0.4, 0.5) is 0 Å². The Hall–Kier alpha value is -0.269. The van der Waals surface area contributed by atoms with Crippen LogP contribution in [0.25, 0.3) is 0 Å². The minimum Gasteiger partial charge on any atom is -0.549 e. The number of carboxylic acid groups (broad SMARTS) is 2. The number of benzene rings is 1. The van der Waals surface area contributed by atoms with Gasteiger partial charge >= 0.3 is 48.9 Å². The van der Waals surface area contributed by atoms with Crippen LogP contribution in [0.1, 0.15) is 37.8 Å². The Kier molecular flexibility index (Phi) is 6.67. The standard InChI is InChI=1S/C13H16O4.Ba/c1-13(2,3)9-6-4-8(5-7-9)10(11(14)15)12(16)17;/h4-7,10H,1-3H3,(H,14,15)(H,16,17);/q;+2/p-2. The molecule has 0 aromatic heterocycles. The molecular weight excluding hydrogens is 357 g/mol. The van der Waals surface area contributed by atoms with Gasteiger partial charge in [0.2, 0.25) is 0 Å². The molecule has 1 aromatic rings. The Morgan fingerprint density at radius 1 is 1.00 bits per heavy atom. The molecule has 5 heteroatoms. The first-order chi connectivity index (χ1) is 7.73. The summed E-state index contributed by atoms with van der Waals surface area (Å²) >= 11 is 0. The van der Waals surface area contributed by atoms with Gasteiger partial charge in [-0.05, 0) is 16.5 Å². The fourth-order valence-electron chi connectivity index (χ4n) is 1.54. The summed E-state index contributed by atoms with van der Waals surface area (Å²) < 4.78 is 0. The SMILES string of the molecule is CC(C)(C)c1ccc(C(C(=O)[O-])C(=O)[O-])cc1.[Ba+2]. The first kappa shape index (κ1) is 17.7. The number of hydrogen-bond acceptors (Lipinski definition) is 4. The summed E-state index contributed by atoms with van der Waals surface area (Å²) in [6.07, 6.45) is 0. The maximum absolute atomic E-state index is 10.7. The molecule has 92 valence electrons. The molecule has 0 saturated carbocycles. The Balaban J connectivity index is 0.00000289. The van der Waals surface area contributed by atoms with E-state index in [-0.39, 0.29) is 59.9 Å². The van der Waals surface area contributed by atoms with E-state index in [1.165, 1.54) is 12.1 Å². The maximum Gasteiger partial charge on any atom is 2.00 e. The molecule has 18 heavy (non-hydrogen) atoms. The van der Waals surface area contributed by atoms with Crippen LogP contribution in [0, 0.1) is 0 Å². The summed E-state index contributed by atoms with van der Waals surface area (Å²) in [6.45, 7) is 6.03. The zero-order valence-electron chi connectivity index (χ0n) is 10.7. The third-order valence-electron chi connectivity index (χ3n) is 2.58. The molecule has 0 spiro atoms. The van der Waals surface area contributed by atoms with Crippen LogP contribution in [0.3, 0.4) is 0 Å². The minimum absolute atomic E-state index is 0. The van der Waals surface area contributed by atoms with Gasteiger partial charge in [0.25, 0.3) is 0 Å². The van der Waals surface area contributed by atoms with Crippen molar-refractivity contribution >= 4 is 60.8 Å². The van der Waals surface area contributed by atoms with Crippen molar-refractivity contribution in [1.82, 2.24) is 0 Å². The number of carbonyl (C=O) groups is 2. The Labute approximate surface area is 146 Å². The summed E-state index contributed by atoms with van der Waals surface area (Å²) in [7, 11) is 0. The fraction of sp³-hybridized carbons (Fsp3) is 0.385. The second-order valence-corrected chi connectivity index (χ2v) is 4.94. The number of carboxylic acids is 2. The molecule has 0 aliphatic rings. The van der Waals surface area contributed by atoms with Gasteiger partial charge in [0, 0.05) is 0 Å². The van der Waals surface area contributed by atoms with Crippen LogP contribution in [0.5, 0.6) is 0 Å². The molecule has 0 fully saturated rings. The Bertz CT molecular complexity index is 417. The van der Waals surface area contributed by atoms with E-state index in [2.05, 4.69) is 0 Å². The van der Waals surface area contributed by atoms with E-state index >= 15 is 0 Å². The van der Waals surface area contributed by atoms with Crippen LogP contribution >= 0.6 is 0 Å². The van der Waals surface area contributed by atoms with Crippen molar-refractivity contribution in [1.29, 1.82) is 0 Å². The zero-order chi connectivity index (χ0) is 13.2. The van der Waals surface area contributed by atoms with Crippen LogP contribution in [-0.4, -0.2) is 60.8 Å². The van der Waals surface area contributed by atoms with Gasteiger partial charge in [0.1, 0.15) is 0 Å². The van der Waals surface area contributed by atoms with Gasteiger partial charge in [-0.25, -0.2) is 0 Å². The van der Waals surface area contributed by atoms with Gasteiger partial charge < -0.3 is 19.8 Å². The second kappa shape index (κ2) is 6.77. The molecule has 1 rings (SSSR count). The second-order valence-electron chi connectivity index (χ2n) is 4.94. The van der Waals surface area contributed by atoms with Crippen LogP contribution in [0.2, 0.25) is 0 Å². The molecule has 0 bridgehead atoms. The molecule has 0 heterocycles. The Morgan fingerprint density at radius 3 is 1.67 bits per heavy atom. The summed E-state index contributed by atoms with van der Waals surface area (Å²) in [5, 5.41) is 21.4. The fourth-order valence-corrected chi connectivity index (χ4v) is 1.54. The summed E-state index contributed by atoms with van der Waals surface area (Å²) in [4.78, 5) is 21.4. The third-order valence-corrected chi connectivity index (χ3v) is 2.58. The molecular formula is C13H14BaO4. The van der Waals surface area contributed by atoms with Crippen molar-refractivity contribution in [3.8, 4) is 0 Å². The van der Waals surface area contributed by atoms with E-state index in [0.717, 1.165) is 5.56 Å². The number of rotatable bonds is 3. The summed E-state index contributed by atoms with van der Waals surface area (Å²) in [5.41, 5.74) is 1.09. The van der Waals surface area contributed by atoms with Gasteiger partial charge in [-0.15, -0.1) is 0 Å². The monoisotopic (exact) mass is 372 g/mol. The molecule has 0 amide bonds. The van der Waals surface area contributed by atoms with Crippen molar-refractivity contribution in [3.63, 3.8) is 0 Å². The van der Waals surface area contributed by atoms with Crippen LogP contribution in [0.15, 0.2) is 24.3 Å². The maximum atomic E-state index is 10.7. The molecule has 0 atom stereocenters. The van der Waals surface area contributed by atoms with Gasteiger partial charge in [-0.2, -0.15) is 0 Å². The third kappa shape index (κ3) is 4.44. The van der Waals surface area contributed by atoms with Crippen LogP contribution < -0.4 is 10.2 Å². The van der Waals surface area contributed by atoms with Gasteiger partial charge in [0.15, 0.2) is 0 Å². The van der Waals surface area contributed by atoms with E-state index in [4.69, 9.17) is 0 Å². The molecule has 0 unspecified atom stereocenters. The topological polar surface area (TPSA) is 80.3 Å². The predicted octanol–water partition coefficient (Wildman–Crippen LogP) is -0.813. The average Bonchev–Trinajstić information content (AvgIpc) is 2.15. The number of carbonyl (C=O) groups excluding carboxylic acids is 2. The van der Waals surface area contributed by atoms with Crippen molar-refractivity contribution < 1.29 is 19.8 Å². The van der Waals surface area contributed by atoms with Crippen molar-refractivity contribution in [2.45, 2.75) is 32.1 Å². The molecule has 0 N–H and O–H groups in total. The van der Waals surface area contributed by atoms with Crippen molar-refractivity contribution in [2.75, 3.05) is 0 Å². The largest absolute Gasteiger partial charge is 2.00 e. The Morgan fingerprint density at radius 2 is 1.39 bits per heavy atom. The van der Waals surface area contributed by atoms with Crippen molar-refractivity contribution in [2.24, 2.45) is 0 Å². The van der Waals surface area contributed by atoms with E-state index in [0.29, 0.717) is 0 Å². The van der Waals surface area contributed by atoms with Gasteiger partial charge in [0.05, 0.1) is 17.9 Å². The van der Waals surface area contributed by atoms with E-state index < -0.39 is 17.9 Å².